The van der Waals surface area contributed by atoms with Crippen LogP contribution in [0.4, 0.5) is 4.39 Å². The van der Waals surface area contributed by atoms with Gasteiger partial charge in [-0.2, -0.15) is 0 Å². The molecule has 1 unspecified atom stereocenters. The maximum atomic E-state index is 13.6. The average Bonchev–Trinajstić information content (AvgIpc) is 2.27. The van der Waals surface area contributed by atoms with E-state index in [1.807, 2.05) is 0 Å². The summed E-state index contributed by atoms with van der Waals surface area (Å²) in [6.45, 7) is 3.36. The highest BCUT2D eigenvalue weighted by Crippen LogP contribution is 2.19. The molecule has 0 amide bonds. The van der Waals surface area contributed by atoms with Gasteiger partial charge in [0.25, 0.3) is 0 Å². The van der Waals surface area contributed by atoms with Crippen molar-refractivity contribution < 1.29 is 18.7 Å². The van der Waals surface area contributed by atoms with Crippen molar-refractivity contribution >= 4 is 27.7 Å². The van der Waals surface area contributed by atoms with Gasteiger partial charge in [0.05, 0.1) is 11.4 Å². The van der Waals surface area contributed by atoms with E-state index in [1.165, 1.54) is 12.1 Å². The first kappa shape index (κ1) is 13.8. The molecule has 3 nitrogen and oxygen atoms in total. The van der Waals surface area contributed by atoms with Crippen LogP contribution in [-0.4, -0.2) is 23.2 Å². The first-order valence-corrected chi connectivity index (χ1v) is 6.04. The molecule has 1 rings (SSSR count). The molecule has 0 saturated heterocycles. The van der Waals surface area contributed by atoms with Gasteiger partial charge in [-0.15, -0.1) is 0 Å². The van der Waals surface area contributed by atoms with Crippen LogP contribution < -0.4 is 0 Å². The van der Waals surface area contributed by atoms with Crippen molar-refractivity contribution in [2.75, 3.05) is 6.61 Å². The standard InChI is InChI=1S/C12H12BrFO3/c1-3-17-12(16)10-8(11(15)7(2)13)5-4-6-9(10)14/h4-7H,3H2,1-2H3. The van der Waals surface area contributed by atoms with Gasteiger partial charge in [0.1, 0.15) is 11.4 Å². The van der Waals surface area contributed by atoms with Crippen LogP contribution in [0, 0.1) is 5.82 Å². The van der Waals surface area contributed by atoms with Crippen LogP contribution in [-0.2, 0) is 4.74 Å². The molecular formula is C12H12BrFO3. The number of ether oxygens (including phenoxy) is 1. The van der Waals surface area contributed by atoms with Crippen molar-refractivity contribution in [3.8, 4) is 0 Å². The lowest BCUT2D eigenvalue weighted by Gasteiger charge is -2.09. The Morgan fingerprint density at radius 2 is 2.12 bits per heavy atom. The Bertz CT molecular complexity index is 443. The van der Waals surface area contributed by atoms with E-state index in [0.717, 1.165) is 6.07 Å². The third-order valence-electron chi connectivity index (χ3n) is 2.12. The number of ketones is 1. The molecule has 92 valence electrons. The normalized spacial score (nSPS) is 12.0. The summed E-state index contributed by atoms with van der Waals surface area (Å²) in [5.74, 6) is -1.92. The number of hydrogen-bond donors (Lipinski definition) is 0. The molecule has 0 spiro atoms. The lowest BCUT2D eigenvalue weighted by molar-refractivity contribution is 0.0517. The lowest BCUT2D eigenvalue weighted by atomic mass is 10.0. The van der Waals surface area contributed by atoms with Gasteiger partial charge in [0, 0.05) is 5.56 Å². The van der Waals surface area contributed by atoms with Gasteiger partial charge in [-0.3, -0.25) is 4.79 Å². The molecule has 1 aromatic rings. The fourth-order valence-electron chi connectivity index (χ4n) is 1.35. The number of hydrogen-bond acceptors (Lipinski definition) is 3. The van der Waals surface area contributed by atoms with Gasteiger partial charge in [0.15, 0.2) is 5.78 Å². The molecule has 1 aromatic carbocycles. The third kappa shape index (κ3) is 3.12. The topological polar surface area (TPSA) is 43.4 Å². The van der Waals surface area contributed by atoms with E-state index in [1.54, 1.807) is 13.8 Å². The van der Waals surface area contributed by atoms with Gasteiger partial charge < -0.3 is 4.74 Å². The molecule has 0 aliphatic heterocycles. The van der Waals surface area contributed by atoms with E-state index in [0.29, 0.717) is 0 Å². The van der Waals surface area contributed by atoms with Crippen LogP contribution in [0.25, 0.3) is 0 Å². The summed E-state index contributed by atoms with van der Waals surface area (Å²) in [5, 5.41) is 0. The molecule has 0 N–H and O–H groups in total. The number of carbonyl (C=O) groups excluding carboxylic acids is 2. The predicted octanol–water partition coefficient (Wildman–Crippen LogP) is 2.97. The lowest BCUT2D eigenvalue weighted by Crippen LogP contribution is -2.18. The zero-order valence-corrected chi connectivity index (χ0v) is 11.1. The Balaban J connectivity index is 3.26. The van der Waals surface area contributed by atoms with E-state index in [4.69, 9.17) is 4.74 Å². The van der Waals surface area contributed by atoms with Crippen LogP contribution in [0.3, 0.4) is 0 Å². The molecule has 5 heteroatoms. The highest BCUT2D eigenvalue weighted by atomic mass is 79.9. The fraction of sp³-hybridized carbons (Fsp3) is 0.333. The number of esters is 1. The van der Waals surface area contributed by atoms with Gasteiger partial charge >= 0.3 is 5.97 Å². The van der Waals surface area contributed by atoms with E-state index < -0.39 is 16.6 Å². The fourth-order valence-corrected chi connectivity index (χ4v) is 1.60. The van der Waals surface area contributed by atoms with E-state index in [-0.39, 0.29) is 23.5 Å². The van der Waals surface area contributed by atoms with Gasteiger partial charge in [-0.25, -0.2) is 9.18 Å². The van der Waals surface area contributed by atoms with Crippen LogP contribution >= 0.6 is 15.9 Å². The third-order valence-corrected chi connectivity index (χ3v) is 2.54. The molecule has 0 heterocycles. The van der Waals surface area contributed by atoms with Gasteiger partial charge in [-0.05, 0) is 19.9 Å². The Morgan fingerprint density at radius 3 is 2.65 bits per heavy atom. The second kappa shape index (κ2) is 5.91. The largest absolute Gasteiger partial charge is 0.462 e. The zero-order valence-electron chi connectivity index (χ0n) is 9.50. The van der Waals surface area contributed by atoms with E-state index in [2.05, 4.69) is 15.9 Å². The van der Waals surface area contributed by atoms with Crippen molar-refractivity contribution in [3.63, 3.8) is 0 Å². The summed E-state index contributed by atoms with van der Waals surface area (Å²) >= 11 is 3.10. The second-order valence-electron chi connectivity index (χ2n) is 3.36. The number of benzene rings is 1. The van der Waals surface area contributed by atoms with Gasteiger partial charge in [0.2, 0.25) is 0 Å². The van der Waals surface area contributed by atoms with Crippen molar-refractivity contribution in [1.82, 2.24) is 0 Å². The Kier molecular flexibility index (Phi) is 4.81. The maximum Gasteiger partial charge on any atom is 0.341 e. The summed E-state index contributed by atoms with van der Waals surface area (Å²) in [5.41, 5.74) is -0.265. The number of carbonyl (C=O) groups is 2. The van der Waals surface area contributed by atoms with E-state index >= 15 is 0 Å². The minimum absolute atomic E-state index is 0.0350. The maximum absolute atomic E-state index is 13.6. The second-order valence-corrected chi connectivity index (χ2v) is 4.74. The Hall–Kier alpha value is -1.23. The quantitative estimate of drug-likeness (QED) is 0.488. The average molecular weight is 303 g/mol. The highest BCUT2D eigenvalue weighted by molar-refractivity contribution is 9.10. The minimum atomic E-state index is -0.818. The smallest absolute Gasteiger partial charge is 0.341 e. The summed E-state index contributed by atoms with van der Waals surface area (Å²) in [6.07, 6.45) is 0. The number of rotatable bonds is 4. The van der Waals surface area contributed by atoms with Crippen molar-refractivity contribution in [3.05, 3.63) is 35.1 Å². The van der Waals surface area contributed by atoms with Crippen molar-refractivity contribution in [2.45, 2.75) is 18.7 Å². The molecule has 0 aliphatic rings. The SMILES string of the molecule is CCOC(=O)c1c(F)cccc1C(=O)C(C)Br. The number of halogens is 2. The van der Waals surface area contributed by atoms with Crippen molar-refractivity contribution in [1.29, 1.82) is 0 Å². The van der Waals surface area contributed by atoms with Gasteiger partial charge in [-0.1, -0.05) is 28.1 Å². The Morgan fingerprint density at radius 1 is 1.47 bits per heavy atom. The summed E-state index contributed by atoms with van der Waals surface area (Å²) < 4.78 is 18.3. The highest BCUT2D eigenvalue weighted by Gasteiger charge is 2.24. The zero-order chi connectivity index (χ0) is 13.0. The summed E-state index contributed by atoms with van der Waals surface area (Å²) in [4.78, 5) is 22.9. The van der Waals surface area contributed by atoms with Crippen molar-refractivity contribution in [2.24, 2.45) is 0 Å². The molecule has 17 heavy (non-hydrogen) atoms. The monoisotopic (exact) mass is 302 g/mol. The minimum Gasteiger partial charge on any atom is -0.462 e. The van der Waals surface area contributed by atoms with Crippen LogP contribution in [0.1, 0.15) is 34.6 Å². The van der Waals surface area contributed by atoms with E-state index in [9.17, 15) is 14.0 Å². The predicted molar refractivity (Wildman–Crippen MR) is 65.1 cm³/mol. The summed E-state index contributed by atoms with van der Waals surface area (Å²) in [6, 6.07) is 3.93. The molecule has 1 atom stereocenters. The molecule has 0 radical (unpaired) electrons. The molecular weight excluding hydrogens is 291 g/mol. The van der Waals surface area contributed by atoms with Crippen LogP contribution in [0.5, 0.6) is 0 Å². The number of alkyl halides is 1. The molecule has 0 bridgehead atoms. The molecule has 0 fully saturated rings. The van der Waals surface area contributed by atoms with Crippen LogP contribution in [0.2, 0.25) is 0 Å². The Labute approximate surface area is 107 Å². The molecule has 0 aromatic heterocycles. The first-order valence-electron chi connectivity index (χ1n) is 5.13. The molecule has 0 aliphatic carbocycles. The number of Topliss-reactive ketones (excluding diaryl/α,β-unsaturated/α-hetero) is 1. The first-order chi connectivity index (χ1) is 7.99. The summed E-state index contributed by atoms with van der Waals surface area (Å²) in [7, 11) is 0. The molecule has 0 saturated carbocycles. The van der Waals surface area contributed by atoms with Crippen LogP contribution in [0.15, 0.2) is 18.2 Å².